The molecular formula is C26H28O15. The van der Waals surface area contributed by atoms with E-state index in [1.807, 2.05) is 0 Å². The van der Waals surface area contributed by atoms with Crippen LogP contribution in [0.5, 0.6) is 23.0 Å². The molecule has 15 heteroatoms. The van der Waals surface area contributed by atoms with Crippen LogP contribution in [-0.2, 0) is 14.2 Å². The summed E-state index contributed by atoms with van der Waals surface area (Å²) in [5.41, 5.74) is -0.776. The summed E-state index contributed by atoms with van der Waals surface area (Å²) in [6.07, 6.45) is -13.6. The summed E-state index contributed by atoms with van der Waals surface area (Å²) in [4.78, 5) is 13.3. The van der Waals surface area contributed by atoms with Crippen molar-refractivity contribution in [2.45, 2.75) is 55.3 Å². The van der Waals surface area contributed by atoms with Crippen LogP contribution in [0.15, 0.2) is 45.8 Å². The number of hydrogen-bond donors (Lipinski definition) is 9. The van der Waals surface area contributed by atoms with E-state index in [0.29, 0.717) is 5.56 Å². The maximum Gasteiger partial charge on any atom is 0.229 e. The van der Waals surface area contributed by atoms with Gasteiger partial charge in [-0.05, 0) is 17.7 Å². The van der Waals surface area contributed by atoms with Gasteiger partial charge in [0.1, 0.15) is 65.9 Å². The van der Waals surface area contributed by atoms with Gasteiger partial charge in [0, 0.05) is 6.07 Å². The third-order valence-corrected chi connectivity index (χ3v) is 6.92. The fraction of sp³-hybridized carbons (Fsp3) is 0.423. The first-order valence-electron chi connectivity index (χ1n) is 12.4. The molecule has 0 bridgehead atoms. The fourth-order valence-corrected chi connectivity index (χ4v) is 4.59. The van der Waals surface area contributed by atoms with Crippen molar-refractivity contribution >= 4 is 11.0 Å². The average molecular weight is 580 g/mol. The molecule has 0 saturated carbocycles. The SMILES string of the molecule is O=c1c(-c2ccc(O)cc2)coc2c(O[C@@H]3O[C@H](CO[C@@H]4OC[C@@H](O)[C@H](O)[C@H]4O)[C@@H](O)[C@H](O)[C@H]3O)c(O)cc(O)c12. The Bertz CT molecular complexity index is 1440. The van der Waals surface area contributed by atoms with Gasteiger partial charge in [-0.2, -0.15) is 0 Å². The van der Waals surface area contributed by atoms with Gasteiger partial charge in [0.25, 0.3) is 0 Å². The monoisotopic (exact) mass is 580 g/mol. The van der Waals surface area contributed by atoms with E-state index in [1.165, 1.54) is 24.3 Å². The number of rotatable bonds is 6. The molecular weight excluding hydrogens is 552 g/mol. The summed E-state index contributed by atoms with van der Waals surface area (Å²) in [5.74, 6) is -1.94. The first kappa shape index (κ1) is 29.0. The number of phenolic OH excluding ortho intramolecular Hbond substituents is 3. The van der Waals surface area contributed by atoms with Crippen molar-refractivity contribution in [1.82, 2.24) is 0 Å². The number of ether oxygens (including phenoxy) is 4. The molecule has 2 aliphatic rings. The Morgan fingerprint density at radius 1 is 0.829 bits per heavy atom. The Balaban J connectivity index is 1.41. The molecule has 2 aromatic carbocycles. The van der Waals surface area contributed by atoms with Crippen molar-refractivity contribution in [3.8, 4) is 34.1 Å². The largest absolute Gasteiger partial charge is 0.508 e. The second-order valence-electron chi connectivity index (χ2n) is 9.69. The zero-order chi connectivity index (χ0) is 29.6. The molecule has 3 aromatic rings. The van der Waals surface area contributed by atoms with Gasteiger partial charge in [-0.15, -0.1) is 0 Å². The molecule has 9 N–H and O–H groups in total. The summed E-state index contributed by atoms with van der Waals surface area (Å²) in [6.45, 7) is -0.903. The number of aliphatic hydroxyl groups is 6. The summed E-state index contributed by atoms with van der Waals surface area (Å²) in [7, 11) is 0. The molecule has 0 radical (unpaired) electrons. The zero-order valence-corrected chi connectivity index (χ0v) is 21.0. The molecule has 2 fully saturated rings. The van der Waals surface area contributed by atoms with E-state index >= 15 is 0 Å². The summed E-state index contributed by atoms with van der Waals surface area (Å²) >= 11 is 0. The first-order chi connectivity index (χ1) is 19.5. The number of hydrogen-bond acceptors (Lipinski definition) is 15. The van der Waals surface area contributed by atoms with Crippen LogP contribution in [-0.4, -0.2) is 114 Å². The second kappa shape index (κ2) is 11.4. The Morgan fingerprint density at radius 3 is 2.22 bits per heavy atom. The minimum atomic E-state index is -1.89. The maximum atomic E-state index is 13.3. The van der Waals surface area contributed by atoms with Crippen molar-refractivity contribution < 1.29 is 69.3 Å². The molecule has 15 nitrogen and oxygen atoms in total. The topological polar surface area (TPSA) is 249 Å². The molecule has 0 unspecified atom stereocenters. The van der Waals surface area contributed by atoms with Gasteiger partial charge < -0.3 is 69.3 Å². The molecule has 222 valence electrons. The fourth-order valence-electron chi connectivity index (χ4n) is 4.59. The van der Waals surface area contributed by atoms with Gasteiger partial charge in [-0.25, -0.2) is 0 Å². The van der Waals surface area contributed by atoms with E-state index < -0.39 is 95.6 Å². The normalized spacial score (nSPS) is 32.2. The van der Waals surface area contributed by atoms with Crippen LogP contribution in [0.25, 0.3) is 22.1 Å². The van der Waals surface area contributed by atoms with Crippen molar-refractivity contribution in [2.75, 3.05) is 13.2 Å². The lowest BCUT2D eigenvalue weighted by molar-refractivity contribution is -0.307. The van der Waals surface area contributed by atoms with Gasteiger partial charge >= 0.3 is 0 Å². The van der Waals surface area contributed by atoms with E-state index in [4.69, 9.17) is 23.4 Å². The highest BCUT2D eigenvalue weighted by Gasteiger charge is 2.47. The summed E-state index contributed by atoms with van der Waals surface area (Å²) in [6, 6.07) is 6.39. The third kappa shape index (κ3) is 5.42. The molecule has 2 aliphatic heterocycles. The van der Waals surface area contributed by atoms with Crippen LogP contribution >= 0.6 is 0 Å². The highest BCUT2D eigenvalue weighted by Crippen LogP contribution is 2.41. The number of fused-ring (bicyclic) bond motifs is 1. The minimum Gasteiger partial charge on any atom is -0.508 e. The van der Waals surface area contributed by atoms with Crippen molar-refractivity contribution in [2.24, 2.45) is 0 Å². The van der Waals surface area contributed by atoms with Gasteiger partial charge in [-0.3, -0.25) is 4.79 Å². The zero-order valence-electron chi connectivity index (χ0n) is 21.0. The molecule has 0 spiro atoms. The maximum absolute atomic E-state index is 13.3. The van der Waals surface area contributed by atoms with E-state index in [-0.39, 0.29) is 17.9 Å². The standard InChI is InChI=1S/C26H28O15/c27-10-3-1-9(2-4-10)11-6-37-24-16(17(11)31)12(28)5-13(29)23(24)41-26-22(36)20(34)19(33)15(40-26)8-39-25-21(35)18(32)14(30)7-38-25/h1-6,14-15,18-22,25-30,32-36H,7-8H2/t14-,15-,18+,19-,20+,21-,22-,25+,26+/m1/s1. The highest BCUT2D eigenvalue weighted by molar-refractivity contribution is 5.93. The van der Waals surface area contributed by atoms with E-state index in [9.17, 15) is 50.8 Å². The van der Waals surface area contributed by atoms with Gasteiger partial charge in [0.05, 0.1) is 18.8 Å². The number of aliphatic hydroxyl groups excluding tert-OH is 6. The molecule has 5 rings (SSSR count). The van der Waals surface area contributed by atoms with Crippen LogP contribution in [0.4, 0.5) is 0 Å². The summed E-state index contributed by atoms with van der Waals surface area (Å²) in [5, 5.41) is 90.9. The van der Waals surface area contributed by atoms with Crippen molar-refractivity contribution in [1.29, 1.82) is 0 Å². The number of benzene rings is 2. The second-order valence-corrected chi connectivity index (χ2v) is 9.69. The van der Waals surface area contributed by atoms with Crippen molar-refractivity contribution in [3.05, 3.63) is 46.8 Å². The van der Waals surface area contributed by atoms with Gasteiger partial charge in [0.15, 0.2) is 17.6 Å². The Hall–Kier alpha value is -3.51. The van der Waals surface area contributed by atoms with Crippen LogP contribution in [0.1, 0.15) is 0 Å². The number of phenols is 3. The Kier molecular flexibility index (Phi) is 8.06. The van der Waals surface area contributed by atoms with Gasteiger partial charge in [0.2, 0.25) is 17.5 Å². The molecule has 1 aromatic heterocycles. The predicted molar refractivity (Wildman–Crippen MR) is 134 cm³/mol. The molecule has 0 aliphatic carbocycles. The van der Waals surface area contributed by atoms with Crippen LogP contribution in [0.3, 0.4) is 0 Å². The molecule has 9 atom stereocenters. The lowest BCUT2D eigenvalue weighted by atomic mass is 9.99. The molecule has 3 heterocycles. The quantitative estimate of drug-likeness (QED) is 0.156. The molecule has 0 amide bonds. The molecule has 41 heavy (non-hydrogen) atoms. The van der Waals surface area contributed by atoms with E-state index in [1.54, 1.807) is 0 Å². The van der Waals surface area contributed by atoms with Crippen LogP contribution in [0, 0.1) is 0 Å². The number of aromatic hydroxyl groups is 3. The van der Waals surface area contributed by atoms with Gasteiger partial charge in [-0.1, -0.05) is 12.1 Å². The Labute approximate surface area is 230 Å². The van der Waals surface area contributed by atoms with Crippen molar-refractivity contribution in [3.63, 3.8) is 0 Å². The first-order valence-corrected chi connectivity index (χ1v) is 12.4. The van der Waals surface area contributed by atoms with E-state index in [2.05, 4.69) is 0 Å². The average Bonchev–Trinajstić information content (AvgIpc) is 2.94. The van der Waals surface area contributed by atoms with E-state index in [0.717, 1.165) is 12.3 Å². The van der Waals surface area contributed by atoms with Crippen LogP contribution < -0.4 is 10.2 Å². The lowest BCUT2D eigenvalue weighted by Crippen LogP contribution is -2.61. The lowest BCUT2D eigenvalue weighted by Gasteiger charge is -2.41. The molecule has 2 saturated heterocycles. The minimum absolute atomic E-state index is 0.0129. The Morgan fingerprint density at radius 2 is 1.51 bits per heavy atom. The predicted octanol–water partition coefficient (Wildman–Crippen LogP) is -1.78. The third-order valence-electron chi connectivity index (χ3n) is 6.92. The van der Waals surface area contributed by atoms with Crippen LogP contribution in [0.2, 0.25) is 0 Å². The highest BCUT2D eigenvalue weighted by atomic mass is 16.7. The summed E-state index contributed by atoms with van der Waals surface area (Å²) < 4.78 is 27.2. The smallest absolute Gasteiger partial charge is 0.229 e.